The smallest absolute Gasteiger partial charge is 0.0331 e. The maximum atomic E-state index is 5.87. The highest BCUT2D eigenvalue weighted by molar-refractivity contribution is 5.47. The number of nitrogens with one attached hydrogen (secondary N) is 1. The van der Waals surface area contributed by atoms with Crippen LogP contribution >= 0.6 is 0 Å². The first-order valence-corrected chi connectivity index (χ1v) is 7.47. The molecule has 0 saturated carbocycles. The van der Waals surface area contributed by atoms with E-state index in [-0.39, 0.29) is 0 Å². The van der Waals surface area contributed by atoms with Gasteiger partial charge in [-0.05, 0) is 48.1 Å². The lowest BCUT2D eigenvalue weighted by Gasteiger charge is -2.23. The SMILES string of the molecule is CCC(NC1CCc2cc(N)ccc21)c1ccccc1. The zero-order valence-corrected chi connectivity index (χ0v) is 12.0. The highest BCUT2D eigenvalue weighted by atomic mass is 15.0. The summed E-state index contributed by atoms with van der Waals surface area (Å²) in [7, 11) is 0. The van der Waals surface area contributed by atoms with Crippen LogP contribution in [0.5, 0.6) is 0 Å². The molecule has 3 rings (SSSR count). The molecule has 2 aromatic carbocycles. The number of hydrogen-bond donors (Lipinski definition) is 2. The number of nitrogen functional groups attached to an aromatic ring is 1. The van der Waals surface area contributed by atoms with Crippen LogP contribution in [0, 0.1) is 0 Å². The second-order valence-electron chi connectivity index (χ2n) is 5.59. The third kappa shape index (κ3) is 2.56. The van der Waals surface area contributed by atoms with Crippen LogP contribution in [0.3, 0.4) is 0 Å². The largest absolute Gasteiger partial charge is 0.399 e. The van der Waals surface area contributed by atoms with E-state index in [1.165, 1.54) is 23.1 Å². The van der Waals surface area contributed by atoms with E-state index in [0.717, 1.165) is 18.5 Å². The average molecular weight is 266 g/mol. The molecule has 2 aromatic rings. The molecule has 20 heavy (non-hydrogen) atoms. The van der Waals surface area contributed by atoms with Gasteiger partial charge in [-0.15, -0.1) is 0 Å². The average Bonchev–Trinajstić information content (AvgIpc) is 2.87. The molecule has 0 aromatic heterocycles. The first-order valence-electron chi connectivity index (χ1n) is 7.47. The van der Waals surface area contributed by atoms with Crippen molar-refractivity contribution in [1.29, 1.82) is 0 Å². The van der Waals surface area contributed by atoms with Gasteiger partial charge in [-0.25, -0.2) is 0 Å². The lowest BCUT2D eigenvalue weighted by molar-refractivity contribution is 0.433. The lowest BCUT2D eigenvalue weighted by Crippen LogP contribution is -2.24. The molecular formula is C18H22N2. The predicted molar refractivity (Wildman–Crippen MR) is 84.5 cm³/mol. The Morgan fingerprint density at radius 1 is 1.20 bits per heavy atom. The minimum absolute atomic E-state index is 0.421. The van der Waals surface area contributed by atoms with Crippen LogP contribution in [-0.4, -0.2) is 0 Å². The fraction of sp³-hybridized carbons (Fsp3) is 0.333. The summed E-state index contributed by atoms with van der Waals surface area (Å²) in [4.78, 5) is 0. The molecular weight excluding hydrogens is 244 g/mol. The van der Waals surface area contributed by atoms with Gasteiger partial charge in [0.25, 0.3) is 0 Å². The lowest BCUT2D eigenvalue weighted by atomic mass is 10.0. The summed E-state index contributed by atoms with van der Waals surface area (Å²) >= 11 is 0. The Morgan fingerprint density at radius 2 is 2.00 bits per heavy atom. The first-order chi connectivity index (χ1) is 9.78. The minimum atomic E-state index is 0.421. The summed E-state index contributed by atoms with van der Waals surface area (Å²) in [5.41, 5.74) is 11.0. The van der Waals surface area contributed by atoms with Gasteiger partial charge in [0, 0.05) is 17.8 Å². The maximum Gasteiger partial charge on any atom is 0.0331 e. The minimum Gasteiger partial charge on any atom is -0.399 e. The van der Waals surface area contributed by atoms with E-state index in [4.69, 9.17) is 5.73 Å². The van der Waals surface area contributed by atoms with Crippen molar-refractivity contribution in [3.05, 3.63) is 65.2 Å². The summed E-state index contributed by atoms with van der Waals surface area (Å²) < 4.78 is 0. The standard InChI is InChI=1S/C18H22N2/c1-2-17(13-6-4-3-5-7-13)20-18-11-8-14-12-15(19)9-10-16(14)18/h3-7,9-10,12,17-18,20H,2,8,11,19H2,1H3. The molecule has 1 aliphatic rings. The molecule has 0 amide bonds. The molecule has 104 valence electrons. The number of fused-ring (bicyclic) bond motifs is 1. The molecule has 0 bridgehead atoms. The molecule has 2 nitrogen and oxygen atoms in total. The summed E-state index contributed by atoms with van der Waals surface area (Å²) in [5.74, 6) is 0. The fourth-order valence-electron chi connectivity index (χ4n) is 3.19. The summed E-state index contributed by atoms with van der Waals surface area (Å²) in [6.45, 7) is 2.24. The van der Waals surface area contributed by atoms with E-state index in [9.17, 15) is 0 Å². The van der Waals surface area contributed by atoms with Crippen LogP contribution < -0.4 is 11.1 Å². The van der Waals surface area contributed by atoms with Gasteiger partial charge in [-0.3, -0.25) is 0 Å². The highest BCUT2D eigenvalue weighted by Gasteiger charge is 2.24. The molecule has 0 aliphatic heterocycles. The van der Waals surface area contributed by atoms with Crippen LogP contribution in [0.15, 0.2) is 48.5 Å². The van der Waals surface area contributed by atoms with Gasteiger partial charge in [0.2, 0.25) is 0 Å². The third-order valence-corrected chi connectivity index (χ3v) is 4.26. The second kappa shape index (κ2) is 5.68. The van der Waals surface area contributed by atoms with Crippen molar-refractivity contribution < 1.29 is 0 Å². The van der Waals surface area contributed by atoms with Crippen molar-refractivity contribution in [2.24, 2.45) is 0 Å². The maximum absolute atomic E-state index is 5.87. The van der Waals surface area contributed by atoms with Crippen molar-refractivity contribution in [3.8, 4) is 0 Å². The van der Waals surface area contributed by atoms with Gasteiger partial charge in [0.1, 0.15) is 0 Å². The quantitative estimate of drug-likeness (QED) is 0.821. The van der Waals surface area contributed by atoms with Crippen LogP contribution in [-0.2, 0) is 6.42 Å². The van der Waals surface area contributed by atoms with E-state index in [2.05, 4.69) is 54.7 Å². The van der Waals surface area contributed by atoms with Gasteiger partial charge in [0.15, 0.2) is 0 Å². The topological polar surface area (TPSA) is 38.0 Å². The Kier molecular flexibility index (Phi) is 3.75. The number of benzene rings is 2. The molecule has 2 heteroatoms. The molecule has 0 saturated heterocycles. The van der Waals surface area contributed by atoms with E-state index >= 15 is 0 Å². The Bertz CT molecular complexity index is 577. The highest BCUT2D eigenvalue weighted by Crippen LogP contribution is 2.34. The van der Waals surface area contributed by atoms with Gasteiger partial charge in [-0.1, -0.05) is 43.3 Å². The van der Waals surface area contributed by atoms with Crippen molar-refractivity contribution in [3.63, 3.8) is 0 Å². The van der Waals surface area contributed by atoms with E-state index in [0.29, 0.717) is 12.1 Å². The number of rotatable bonds is 4. The zero-order chi connectivity index (χ0) is 13.9. The summed E-state index contributed by atoms with van der Waals surface area (Å²) in [6, 6.07) is 17.9. The normalized spacial score (nSPS) is 18.8. The second-order valence-corrected chi connectivity index (χ2v) is 5.59. The Balaban J connectivity index is 1.79. The molecule has 0 spiro atoms. The Hall–Kier alpha value is -1.80. The van der Waals surface area contributed by atoms with E-state index in [1.807, 2.05) is 6.07 Å². The van der Waals surface area contributed by atoms with Crippen LogP contribution in [0.25, 0.3) is 0 Å². The van der Waals surface area contributed by atoms with Gasteiger partial charge in [0.05, 0.1) is 0 Å². The van der Waals surface area contributed by atoms with Crippen molar-refractivity contribution in [2.45, 2.75) is 38.3 Å². The predicted octanol–water partition coefficient (Wildman–Crippen LogP) is 4.00. The van der Waals surface area contributed by atoms with Crippen LogP contribution in [0.2, 0.25) is 0 Å². The first kappa shape index (κ1) is 13.2. The molecule has 1 aliphatic carbocycles. The monoisotopic (exact) mass is 266 g/mol. The Morgan fingerprint density at radius 3 is 2.75 bits per heavy atom. The molecule has 3 N–H and O–H groups in total. The summed E-state index contributed by atoms with van der Waals surface area (Å²) in [6.07, 6.45) is 3.40. The van der Waals surface area contributed by atoms with Gasteiger partial charge in [-0.2, -0.15) is 0 Å². The zero-order valence-electron chi connectivity index (χ0n) is 12.0. The molecule has 2 unspecified atom stereocenters. The van der Waals surface area contributed by atoms with Gasteiger partial charge < -0.3 is 11.1 Å². The number of hydrogen-bond acceptors (Lipinski definition) is 2. The van der Waals surface area contributed by atoms with Crippen molar-refractivity contribution in [1.82, 2.24) is 5.32 Å². The molecule has 0 fully saturated rings. The van der Waals surface area contributed by atoms with Gasteiger partial charge >= 0.3 is 0 Å². The fourth-order valence-corrected chi connectivity index (χ4v) is 3.19. The van der Waals surface area contributed by atoms with E-state index in [1.54, 1.807) is 0 Å². The summed E-state index contributed by atoms with van der Waals surface area (Å²) in [5, 5.41) is 3.82. The van der Waals surface area contributed by atoms with Crippen molar-refractivity contribution >= 4 is 5.69 Å². The Labute approximate surface area is 121 Å². The van der Waals surface area contributed by atoms with Crippen molar-refractivity contribution in [2.75, 3.05) is 5.73 Å². The van der Waals surface area contributed by atoms with Crippen LogP contribution in [0.1, 0.15) is 48.5 Å². The van der Waals surface area contributed by atoms with Crippen LogP contribution in [0.4, 0.5) is 5.69 Å². The number of aryl methyl sites for hydroxylation is 1. The molecule has 0 heterocycles. The number of anilines is 1. The van der Waals surface area contributed by atoms with E-state index < -0.39 is 0 Å². The number of nitrogens with two attached hydrogens (primary N) is 1. The third-order valence-electron chi connectivity index (χ3n) is 4.26. The molecule has 0 radical (unpaired) electrons. The molecule has 2 atom stereocenters.